The molecule has 0 saturated carbocycles. The summed E-state index contributed by atoms with van der Waals surface area (Å²) in [5.41, 5.74) is 1.51. The lowest BCUT2D eigenvalue weighted by Crippen LogP contribution is -2.54. The van der Waals surface area contributed by atoms with Gasteiger partial charge in [0.15, 0.2) is 16.6 Å². The third-order valence-corrected chi connectivity index (χ3v) is 6.98. The number of halogens is 2. The maximum Gasteiger partial charge on any atom is 0.335 e. The molecule has 11 heteroatoms. The van der Waals surface area contributed by atoms with Crippen molar-refractivity contribution in [2.45, 2.75) is 13.5 Å². The number of carboxylic acid groups (broad SMARTS) is 1. The summed E-state index contributed by atoms with van der Waals surface area (Å²) in [6.07, 6.45) is 1.42. The third kappa shape index (κ3) is 6.22. The molecule has 1 heterocycles. The first kappa shape index (κ1) is 27.7. The van der Waals surface area contributed by atoms with Gasteiger partial charge in [0, 0.05) is 3.57 Å². The minimum atomic E-state index is -1.15. The summed E-state index contributed by atoms with van der Waals surface area (Å²) in [6, 6.07) is 17.1. The Morgan fingerprint density at radius 3 is 2.55 bits per heavy atom. The Morgan fingerprint density at radius 1 is 1.13 bits per heavy atom. The molecular weight excluding hydrogens is 687 g/mol. The topological polar surface area (TPSA) is 105 Å². The summed E-state index contributed by atoms with van der Waals surface area (Å²) in [5, 5.41) is 11.7. The van der Waals surface area contributed by atoms with E-state index < -0.39 is 17.8 Å². The van der Waals surface area contributed by atoms with Crippen molar-refractivity contribution in [1.29, 1.82) is 0 Å². The van der Waals surface area contributed by atoms with E-state index in [9.17, 15) is 19.5 Å². The van der Waals surface area contributed by atoms with Crippen molar-refractivity contribution in [3.8, 4) is 11.5 Å². The Kier molecular flexibility index (Phi) is 8.80. The van der Waals surface area contributed by atoms with Crippen LogP contribution in [0.4, 0.5) is 5.69 Å². The van der Waals surface area contributed by atoms with Crippen LogP contribution in [0.1, 0.15) is 28.4 Å². The van der Waals surface area contributed by atoms with Gasteiger partial charge < -0.3 is 14.6 Å². The molecule has 2 amide bonds. The van der Waals surface area contributed by atoms with E-state index in [2.05, 4.69) is 43.8 Å². The van der Waals surface area contributed by atoms with E-state index in [-0.39, 0.29) is 21.9 Å². The average molecular weight is 707 g/mol. The molecule has 2 N–H and O–H groups in total. The molecule has 0 unspecified atom stereocenters. The molecule has 194 valence electrons. The molecule has 0 aliphatic carbocycles. The second-order valence-electron chi connectivity index (χ2n) is 7.99. The molecule has 8 nitrogen and oxygen atoms in total. The van der Waals surface area contributed by atoms with Gasteiger partial charge in [0.1, 0.15) is 12.2 Å². The lowest BCUT2D eigenvalue weighted by molar-refractivity contribution is -0.122. The van der Waals surface area contributed by atoms with Crippen molar-refractivity contribution < 1.29 is 29.0 Å². The standard InChI is InChI=1S/C27H20BrIN2O6S/c1-2-36-22-12-16(11-21(28)23(22)37-14-15-6-8-18(29)9-7-15)10-20-24(32)30-27(38)31(25(20)33)19-5-3-4-17(13-19)26(34)35/h3-13H,2,14H2,1H3,(H,34,35)(H,30,32,38). The van der Waals surface area contributed by atoms with E-state index in [0.29, 0.717) is 34.7 Å². The fourth-order valence-corrected chi connectivity index (χ4v) is 4.86. The average Bonchev–Trinajstić information content (AvgIpc) is 2.87. The fourth-order valence-electron chi connectivity index (χ4n) is 3.65. The SMILES string of the molecule is CCOc1cc(C=C2C(=O)NC(=S)N(c3cccc(C(=O)O)c3)C2=O)cc(Br)c1OCc1ccc(I)cc1. The van der Waals surface area contributed by atoms with Crippen LogP contribution in [-0.4, -0.2) is 34.6 Å². The van der Waals surface area contributed by atoms with Gasteiger partial charge in [-0.15, -0.1) is 0 Å². The number of carboxylic acids is 1. The van der Waals surface area contributed by atoms with Crippen molar-refractivity contribution >= 4 is 85.4 Å². The van der Waals surface area contributed by atoms with Crippen LogP contribution in [0.5, 0.6) is 11.5 Å². The second-order valence-corrected chi connectivity index (χ2v) is 10.5. The van der Waals surface area contributed by atoms with Gasteiger partial charge in [-0.2, -0.15) is 0 Å². The second kappa shape index (κ2) is 12.0. The first-order valence-electron chi connectivity index (χ1n) is 11.3. The number of ether oxygens (including phenoxy) is 2. The molecule has 0 spiro atoms. The molecule has 1 aliphatic rings. The minimum absolute atomic E-state index is 0.0216. The van der Waals surface area contributed by atoms with Crippen LogP contribution in [-0.2, 0) is 16.2 Å². The zero-order valence-corrected chi connectivity index (χ0v) is 24.4. The van der Waals surface area contributed by atoms with Crippen LogP contribution >= 0.6 is 50.7 Å². The fraction of sp³-hybridized carbons (Fsp3) is 0.111. The highest BCUT2D eigenvalue weighted by molar-refractivity contribution is 14.1. The number of amides is 2. The van der Waals surface area contributed by atoms with Crippen molar-refractivity contribution in [2.75, 3.05) is 11.5 Å². The van der Waals surface area contributed by atoms with Gasteiger partial charge >= 0.3 is 5.97 Å². The van der Waals surface area contributed by atoms with Crippen molar-refractivity contribution in [3.63, 3.8) is 0 Å². The van der Waals surface area contributed by atoms with Gasteiger partial charge in [0.2, 0.25) is 0 Å². The number of carbonyl (C=O) groups is 3. The number of nitrogens with zero attached hydrogens (tertiary/aromatic N) is 1. The van der Waals surface area contributed by atoms with Crippen LogP contribution in [0.25, 0.3) is 6.08 Å². The number of carbonyl (C=O) groups excluding carboxylic acids is 2. The van der Waals surface area contributed by atoms with Crippen molar-refractivity contribution in [3.05, 3.63) is 91.0 Å². The molecule has 0 bridgehead atoms. The molecule has 0 atom stereocenters. The highest BCUT2D eigenvalue weighted by atomic mass is 127. The van der Waals surface area contributed by atoms with Crippen molar-refractivity contribution in [1.82, 2.24) is 5.32 Å². The van der Waals surface area contributed by atoms with Gasteiger partial charge in [-0.05, 0) is 117 Å². The first-order valence-corrected chi connectivity index (χ1v) is 13.5. The molecule has 0 aromatic heterocycles. The van der Waals surface area contributed by atoms with E-state index >= 15 is 0 Å². The maximum absolute atomic E-state index is 13.4. The summed E-state index contributed by atoms with van der Waals surface area (Å²) >= 11 is 11.0. The smallest absolute Gasteiger partial charge is 0.335 e. The quantitative estimate of drug-likeness (QED) is 0.137. The minimum Gasteiger partial charge on any atom is -0.490 e. The predicted molar refractivity (Wildman–Crippen MR) is 158 cm³/mol. The lowest BCUT2D eigenvalue weighted by Gasteiger charge is -2.29. The number of aromatic carboxylic acids is 1. The number of thiocarbonyl (C=S) groups is 1. The molecule has 1 saturated heterocycles. The molecular formula is C27H20BrIN2O6S. The monoisotopic (exact) mass is 706 g/mol. The number of nitrogens with one attached hydrogen (secondary N) is 1. The Morgan fingerprint density at radius 2 is 1.87 bits per heavy atom. The zero-order valence-electron chi connectivity index (χ0n) is 19.9. The summed E-state index contributed by atoms with van der Waals surface area (Å²) in [5.74, 6) is -1.59. The zero-order chi connectivity index (χ0) is 27.4. The van der Waals surface area contributed by atoms with Gasteiger partial charge in [0.05, 0.1) is 22.3 Å². The summed E-state index contributed by atoms with van der Waals surface area (Å²) < 4.78 is 13.5. The van der Waals surface area contributed by atoms with Gasteiger partial charge in [-0.25, -0.2) is 4.79 Å². The molecule has 1 fully saturated rings. The van der Waals surface area contributed by atoms with Crippen LogP contribution in [0, 0.1) is 3.57 Å². The maximum atomic E-state index is 13.4. The van der Waals surface area contributed by atoms with Crippen molar-refractivity contribution in [2.24, 2.45) is 0 Å². The molecule has 3 aromatic rings. The van der Waals surface area contributed by atoms with Crippen LogP contribution in [0.15, 0.2) is 70.7 Å². The number of rotatable bonds is 8. The number of anilines is 1. The predicted octanol–water partition coefficient (Wildman–Crippen LogP) is 5.56. The number of benzene rings is 3. The van der Waals surface area contributed by atoms with Gasteiger partial charge in [-0.1, -0.05) is 18.2 Å². The molecule has 1 aliphatic heterocycles. The van der Waals surface area contributed by atoms with Crippen LogP contribution in [0.2, 0.25) is 0 Å². The highest BCUT2D eigenvalue weighted by Gasteiger charge is 2.35. The number of hydrogen-bond acceptors (Lipinski definition) is 6. The molecule has 4 rings (SSSR count). The first-order chi connectivity index (χ1) is 18.2. The Labute approximate surface area is 245 Å². The van der Waals surface area contributed by atoms with E-state index in [1.165, 1.54) is 30.3 Å². The highest BCUT2D eigenvalue weighted by Crippen LogP contribution is 2.38. The van der Waals surface area contributed by atoms with Gasteiger partial charge in [-0.3, -0.25) is 19.8 Å². The normalized spacial score (nSPS) is 14.4. The Hall–Kier alpha value is -3.29. The van der Waals surface area contributed by atoms with E-state index in [1.54, 1.807) is 12.1 Å². The Balaban J connectivity index is 1.66. The Bertz CT molecular complexity index is 1470. The largest absolute Gasteiger partial charge is 0.490 e. The lowest BCUT2D eigenvalue weighted by atomic mass is 10.1. The van der Waals surface area contributed by atoms with E-state index in [1.807, 2.05) is 31.2 Å². The summed E-state index contributed by atoms with van der Waals surface area (Å²) in [6.45, 7) is 2.52. The van der Waals surface area contributed by atoms with Crippen LogP contribution in [0.3, 0.4) is 0 Å². The third-order valence-electron chi connectivity index (χ3n) is 5.39. The van der Waals surface area contributed by atoms with E-state index in [4.69, 9.17) is 21.7 Å². The van der Waals surface area contributed by atoms with E-state index in [0.717, 1.165) is 14.0 Å². The molecule has 38 heavy (non-hydrogen) atoms. The molecule has 3 aromatic carbocycles. The summed E-state index contributed by atoms with van der Waals surface area (Å²) in [4.78, 5) is 38.6. The van der Waals surface area contributed by atoms with Crippen LogP contribution < -0.4 is 19.7 Å². The number of hydrogen-bond donors (Lipinski definition) is 2. The summed E-state index contributed by atoms with van der Waals surface area (Å²) in [7, 11) is 0. The van der Waals surface area contributed by atoms with Gasteiger partial charge in [0.25, 0.3) is 11.8 Å². The molecule has 0 radical (unpaired) electrons.